The smallest absolute Gasteiger partial charge is 0.331 e. The Morgan fingerprint density at radius 1 is 1.00 bits per heavy atom. The van der Waals surface area contributed by atoms with Crippen LogP contribution in [0.1, 0.15) is 64.7 Å². The van der Waals surface area contributed by atoms with E-state index in [-0.39, 0.29) is 6.42 Å². The molecule has 150 valence electrons. The van der Waals surface area contributed by atoms with E-state index in [1.165, 1.54) is 44.6 Å². The summed E-state index contributed by atoms with van der Waals surface area (Å²) in [5.41, 5.74) is 0. The summed E-state index contributed by atoms with van der Waals surface area (Å²) in [6.45, 7) is 2.64. The van der Waals surface area contributed by atoms with E-state index in [4.69, 9.17) is 4.74 Å². The van der Waals surface area contributed by atoms with Crippen LogP contribution in [0.2, 0.25) is 0 Å². The Labute approximate surface area is 159 Å². The molecule has 0 rings (SSSR count). The van der Waals surface area contributed by atoms with Crippen LogP contribution in [0.25, 0.3) is 0 Å². The molecule has 0 aliphatic heterocycles. The van der Waals surface area contributed by atoms with E-state index in [0.717, 1.165) is 12.8 Å². The molecule has 0 aromatic rings. The van der Waals surface area contributed by atoms with Crippen molar-refractivity contribution in [2.75, 3.05) is 27.7 Å². The predicted molar refractivity (Wildman–Crippen MR) is 103 cm³/mol. The van der Waals surface area contributed by atoms with Gasteiger partial charge >= 0.3 is 5.97 Å². The van der Waals surface area contributed by atoms with Gasteiger partial charge in [-0.05, 0) is 12.8 Å². The van der Waals surface area contributed by atoms with Crippen molar-refractivity contribution < 1.29 is 23.9 Å². The highest BCUT2D eigenvalue weighted by molar-refractivity contribution is 5.82. The fraction of sp³-hybridized carbons (Fsp3) is 0.714. The summed E-state index contributed by atoms with van der Waals surface area (Å²) in [6.07, 6.45) is 15.9. The minimum Gasteiger partial charge on any atom is -0.550 e. The van der Waals surface area contributed by atoms with Gasteiger partial charge in [-0.2, -0.15) is 0 Å². The molecule has 0 bridgehead atoms. The standard InChI is InChI=1S/C21H37NO4/c1-5-6-7-8-9-10-11-12-13-14-15-16-21(25)26-19(17-20(23)24)18-22(2,3)4/h13-16,19H,5-12,17-18H2,1-4H3. The number of ether oxygens (including phenoxy) is 1. The zero-order chi connectivity index (χ0) is 19.8. The highest BCUT2D eigenvalue weighted by Gasteiger charge is 2.21. The van der Waals surface area contributed by atoms with E-state index >= 15 is 0 Å². The van der Waals surface area contributed by atoms with Gasteiger partial charge in [0, 0.05) is 18.5 Å². The minimum atomic E-state index is -1.21. The van der Waals surface area contributed by atoms with Gasteiger partial charge < -0.3 is 19.1 Å². The molecule has 0 aliphatic rings. The Kier molecular flexibility index (Phi) is 13.6. The number of aliphatic carboxylic acids is 1. The molecule has 0 amide bonds. The summed E-state index contributed by atoms with van der Waals surface area (Å²) in [6, 6.07) is 0. The molecule has 0 N–H and O–H groups in total. The second-order valence-corrected chi connectivity index (χ2v) is 7.81. The van der Waals surface area contributed by atoms with Crippen molar-refractivity contribution >= 4 is 11.9 Å². The van der Waals surface area contributed by atoms with Crippen molar-refractivity contribution in [3.8, 4) is 0 Å². The zero-order valence-corrected chi connectivity index (χ0v) is 17.0. The van der Waals surface area contributed by atoms with Crippen molar-refractivity contribution in [1.29, 1.82) is 0 Å². The van der Waals surface area contributed by atoms with Gasteiger partial charge in [-0.3, -0.25) is 0 Å². The number of carboxylic acid groups (broad SMARTS) is 1. The van der Waals surface area contributed by atoms with Crippen LogP contribution in [-0.4, -0.2) is 50.2 Å². The number of nitrogens with zero attached hydrogens (tertiary/aromatic N) is 1. The molecule has 0 aromatic carbocycles. The van der Waals surface area contributed by atoms with Crippen LogP contribution in [0.5, 0.6) is 0 Å². The number of likely N-dealkylation sites (N-methyl/N-ethyl adjacent to an activating group) is 1. The molecule has 0 saturated carbocycles. The lowest BCUT2D eigenvalue weighted by Crippen LogP contribution is -2.45. The molecular formula is C21H37NO4. The molecule has 0 aromatic heterocycles. The number of rotatable bonds is 15. The molecule has 1 atom stereocenters. The SMILES string of the molecule is CCCCCCCCCC=CC=CC(=O)OC(CC(=O)[O-])C[N+](C)(C)C. The first-order chi connectivity index (χ1) is 12.2. The van der Waals surface area contributed by atoms with E-state index in [9.17, 15) is 14.7 Å². The number of carbonyl (C=O) groups excluding carboxylic acids is 2. The van der Waals surface area contributed by atoms with Crippen LogP contribution < -0.4 is 5.11 Å². The number of esters is 1. The van der Waals surface area contributed by atoms with Crippen molar-refractivity contribution in [2.45, 2.75) is 70.8 Å². The normalized spacial score (nSPS) is 13.4. The predicted octanol–water partition coefficient (Wildman–Crippen LogP) is 3.00. The van der Waals surface area contributed by atoms with E-state index in [1.807, 2.05) is 33.3 Å². The lowest BCUT2D eigenvalue weighted by molar-refractivity contribution is -0.873. The first kappa shape index (κ1) is 24.4. The number of quaternary nitrogens is 1. The third-order valence-electron chi connectivity index (χ3n) is 3.88. The van der Waals surface area contributed by atoms with Gasteiger partial charge in [0.25, 0.3) is 0 Å². The highest BCUT2D eigenvalue weighted by atomic mass is 16.5. The van der Waals surface area contributed by atoms with E-state index in [2.05, 4.69) is 6.92 Å². The molecule has 0 saturated heterocycles. The summed E-state index contributed by atoms with van der Waals surface area (Å²) in [4.78, 5) is 22.6. The van der Waals surface area contributed by atoms with Gasteiger partial charge in [0.1, 0.15) is 6.54 Å². The van der Waals surface area contributed by atoms with Crippen LogP contribution in [0.15, 0.2) is 24.3 Å². The summed E-state index contributed by atoms with van der Waals surface area (Å²) < 4.78 is 5.74. The van der Waals surface area contributed by atoms with Gasteiger partial charge in [0.2, 0.25) is 0 Å². The monoisotopic (exact) mass is 367 g/mol. The molecule has 0 spiro atoms. The number of allylic oxidation sites excluding steroid dienone is 3. The number of hydrogen-bond donors (Lipinski definition) is 0. The van der Waals surface area contributed by atoms with Crippen molar-refractivity contribution in [2.24, 2.45) is 0 Å². The van der Waals surface area contributed by atoms with Gasteiger partial charge in [0.15, 0.2) is 6.10 Å². The van der Waals surface area contributed by atoms with Crippen LogP contribution in [0.4, 0.5) is 0 Å². The summed E-state index contributed by atoms with van der Waals surface area (Å²) >= 11 is 0. The largest absolute Gasteiger partial charge is 0.550 e. The summed E-state index contributed by atoms with van der Waals surface area (Å²) in [5, 5.41) is 10.8. The van der Waals surface area contributed by atoms with Crippen LogP contribution >= 0.6 is 0 Å². The molecule has 5 heteroatoms. The van der Waals surface area contributed by atoms with Gasteiger partial charge in [-0.25, -0.2) is 4.79 Å². The molecule has 0 aliphatic carbocycles. The van der Waals surface area contributed by atoms with Gasteiger partial charge in [-0.15, -0.1) is 0 Å². The van der Waals surface area contributed by atoms with Crippen molar-refractivity contribution in [3.63, 3.8) is 0 Å². The van der Waals surface area contributed by atoms with Crippen molar-refractivity contribution in [1.82, 2.24) is 0 Å². The van der Waals surface area contributed by atoms with Crippen LogP contribution in [0, 0.1) is 0 Å². The third-order valence-corrected chi connectivity index (χ3v) is 3.88. The molecule has 0 heterocycles. The molecule has 1 unspecified atom stereocenters. The van der Waals surface area contributed by atoms with Crippen LogP contribution in [0.3, 0.4) is 0 Å². The number of hydrogen-bond acceptors (Lipinski definition) is 4. The molecule has 0 radical (unpaired) electrons. The maximum atomic E-state index is 11.8. The van der Waals surface area contributed by atoms with Crippen LogP contribution in [-0.2, 0) is 14.3 Å². The quantitative estimate of drug-likeness (QED) is 0.147. The first-order valence-corrected chi connectivity index (χ1v) is 9.78. The van der Waals surface area contributed by atoms with E-state index in [1.54, 1.807) is 6.08 Å². The summed E-state index contributed by atoms with van der Waals surface area (Å²) in [7, 11) is 5.75. The van der Waals surface area contributed by atoms with Gasteiger partial charge in [0.05, 0.1) is 21.1 Å². The fourth-order valence-electron chi connectivity index (χ4n) is 2.67. The average molecular weight is 368 g/mol. The van der Waals surface area contributed by atoms with E-state index < -0.39 is 18.0 Å². The molecular weight excluding hydrogens is 330 g/mol. The number of carboxylic acids is 1. The minimum absolute atomic E-state index is 0.288. The Hall–Kier alpha value is -1.62. The van der Waals surface area contributed by atoms with Gasteiger partial charge in [-0.1, -0.05) is 63.7 Å². The number of unbranched alkanes of at least 4 members (excludes halogenated alkanes) is 7. The topological polar surface area (TPSA) is 66.4 Å². The average Bonchev–Trinajstić information content (AvgIpc) is 2.50. The second-order valence-electron chi connectivity index (χ2n) is 7.81. The zero-order valence-electron chi connectivity index (χ0n) is 17.0. The lowest BCUT2D eigenvalue weighted by atomic mass is 10.1. The maximum Gasteiger partial charge on any atom is 0.331 e. The second kappa shape index (κ2) is 14.5. The Balaban J connectivity index is 4.02. The van der Waals surface area contributed by atoms with Crippen molar-refractivity contribution in [3.05, 3.63) is 24.3 Å². The highest BCUT2D eigenvalue weighted by Crippen LogP contribution is 2.09. The Morgan fingerprint density at radius 2 is 1.62 bits per heavy atom. The van der Waals surface area contributed by atoms with E-state index in [0.29, 0.717) is 11.0 Å². The summed E-state index contributed by atoms with van der Waals surface area (Å²) in [5.74, 6) is -1.74. The molecule has 0 fully saturated rings. The molecule has 5 nitrogen and oxygen atoms in total. The Bertz CT molecular complexity index is 449. The first-order valence-electron chi connectivity index (χ1n) is 9.78. The third kappa shape index (κ3) is 17.2. The Morgan fingerprint density at radius 3 is 2.19 bits per heavy atom. The lowest BCUT2D eigenvalue weighted by Gasteiger charge is -2.28. The number of carbonyl (C=O) groups is 2. The fourth-order valence-corrected chi connectivity index (χ4v) is 2.67. The maximum absolute atomic E-state index is 11.8. The molecule has 26 heavy (non-hydrogen) atoms.